The minimum atomic E-state index is -0.266. The fourth-order valence-electron chi connectivity index (χ4n) is 2.37. The predicted molar refractivity (Wildman–Crippen MR) is 94.8 cm³/mol. The molecule has 7 heteroatoms. The van der Waals surface area contributed by atoms with Crippen LogP contribution in [-0.2, 0) is 9.59 Å². The van der Waals surface area contributed by atoms with Crippen LogP contribution in [-0.4, -0.2) is 57.7 Å². The third-order valence-electron chi connectivity index (χ3n) is 3.77. The average Bonchev–Trinajstić information content (AvgIpc) is 2.88. The molecular weight excluding hydrogens is 328 g/mol. The fourth-order valence-corrected chi connectivity index (χ4v) is 2.61. The molecule has 24 heavy (non-hydrogen) atoms. The maximum atomic E-state index is 12.2. The molecule has 0 atom stereocenters. The highest BCUT2D eigenvalue weighted by Crippen LogP contribution is 2.18. The van der Waals surface area contributed by atoms with Crippen LogP contribution in [0.1, 0.15) is 19.5 Å². The zero-order valence-electron chi connectivity index (χ0n) is 14.1. The summed E-state index contributed by atoms with van der Waals surface area (Å²) in [5.41, 5.74) is 1.34. The zero-order valence-corrected chi connectivity index (χ0v) is 14.8. The molecule has 2 heterocycles. The molecule has 2 amide bonds. The lowest BCUT2D eigenvalue weighted by Gasteiger charge is -2.22. The first-order chi connectivity index (χ1) is 11.5. The molecule has 0 aliphatic rings. The molecule has 0 N–H and O–H groups in total. The summed E-state index contributed by atoms with van der Waals surface area (Å²) in [5.74, 6) is -0.338. The highest BCUT2D eigenvalue weighted by atomic mass is 35.5. The van der Waals surface area contributed by atoms with E-state index in [1.807, 2.05) is 38.2 Å². The van der Waals surface area contributed by atoms with Crippen molar-refractivity contribution >= 4 is 35.1 Å². The monoisotopic (exact) mass is 348 g/mol. The largest absolute Gasteiger partial charge is 0.342 e. The van der Waals surface area contributed by atoms with Crippen LogP contribution in [0.25, 0.3) is 11.7 Å². The van der Waals surface area contributed by atoms with Gasteiger partial charge in [0.05, 0.1) is 12.2 Å². The lowest BCUT2D eigenvalue weighted by Crippen LogP contribution is -2.40. The van der Waals surface area contributed by atoms with Gasteiger partial charge in [0.2, 0.25) is 11.8 Å². The molecule has 0 unspecified atom stereocenters. The van der Waals surface area contributed by atoms with Gasteiger partial charge in [-0.15, -0.1) is 0 Å². The number of imidazole rings is 1. The molecule has 2 rings (SSSR count). The molecule has 0 fully saturated rings. The van der Waals surface area contributed by atoms with Gasteiger partial charge in [0.1, 0.15) is 5.65 Å². The summed E-state index contributed by atoms with van der Waals surface area (Å²) in [7, 11) is 1.60. The van der Waals surface area contributed by atoms with Crippen LogP contribution in [0.3, 0.4) is 0 Å². The van der Waals surface area contributed by atoms with Crippen LogP contribution in [0.15, 0.2) is 30.5 Å². The van der Waals surface area contributed by atoms with Gasteiger partial charge in [0, 0.05) is 32.4 Å². The smallest absolute Gasteiger partial charge is 0.246 e. The van der Waals surface area contributed by atoms with Gasteiger partial charge in [-0.05, 0) is 32.1 Å². The number of likely N-dealkylation sites (N-methyl/N-ethyl adjacent to an activating group) is 2. The normalized spacial score (nSPS) is 11.2. The van der Waals surface area contributed by atoms with Crippen molar-refractivity contribution in [2.45, 2.75) is 13.8 Å². The van der Waals surface area contributed by atoms with Crippen molar-refractivity contribution in [1.29, 1.82) is 0 Å². The first-order valence-electron chi connectivity index (χ1n) is 7.81. The average molecular weight is 349 g/mol. The van der Waals surface area contributed by atoms with Crippen molar-refractivity contribution in [2.75, 3.05) is 26.7 Å². The second kappa shape index (κ2) is 7.97. The number of aromatic nitrogens is 2. The van der Waals surface area contributed by atoms with Gasteiger partial charge in [0.25, 0.3) is 0 Å². The van der Waals surface area contributed by atoms with E-state index in [1.54, 1.807) is 22.4 Å². The molecule has 0 aliphatic carbocycles. The van der Waals surface area contributed by atoms with E-state index in [1.165, 1.54) is 11.0 Å². The molecular formula is C17H21ClN4O2. The first kappa shape index (κ1) is 18.0. The Bertz CT molecular complexity index is 765. The molecule has 128 valence electrons. The number of amides is 2. The number of carbonyl (C=O) groups is 2. The molecule has 0 radical (unpaired) electrons. The standard InChI is InChI=1S/C17H21ClN4O2/c1-4-21(5-2)16(24)12-20(3)15(23)10-9-13-17(18)19-14-8-6-7-11-22(13)14/h6-11H,4-5,12H2,1-3H3/b10-9+. The van der Waals surface area contributed by atoms with E-state index in [-0.39, 0.29) is 18.4 Å². The zero-order chi connectivity index (χ0) is 17.7. The Balaban J connectivity index is 2.09. The predicted octanol–water partition coefficient (Wildman–Crippen LogP) is 2.33. The van der Waals surface area contributed by atoms with E-state index in [4.69, 9.17) is 11.6 Å². The minimum Gasteiger partial charge on any atom is -0.342 e. The molecule has 0 spiro atoms. The SMILES string of the molecule is CCN(CC)C(=O)CN(C)C(=O)/C=C/c1c(Cl)nc2ccccn12. The number of halogens is 1. The third-order valence-corrected chi connectivity index (χ3v) is 4.05. The van der Waals surface area contributed by atoms with Crippen molar-refractivity contribution in [3.8, 4) is 0 Å². The first-order valence-corrected chi connectivity index (χ1v) is 8.19. The van der Waals surface area contributed by atoms with Crippen LogP contribution in [0, 0.1) is 0 Å². The van der Waals surface area contributed by atoms with E-state index >= 15 is 0 Å². The van der Waals surface area contributed by atoms with E-state index in [9.17, 15) is 9.59 Å². The van der Waals surface area contributed by atoms with Crippen LogP contribution in [0.4, 0.5) is 0 Å². The Morgan fingerprint density at radius 2 is 2.00 bits per heavy atom. The summed E-state index contributed by atoms with van der Waals surface area (Å²) in [5, 5.41) is 0.326. The van der Waals surface area contributed by atoms with Crippen LogP contribution in [0.5, 0.6) is 0 Å². The summed E-state index contributed by atoms with van der Waals surface area (Å²) in [4.78, 5) is 31.6. The summed E-state index contributed by atoms with van der Waals surface area (Å²) in [6, 6.07) is 5.56. The van der Waals surface area contributed by atoms with E-state index < -0.39 is 0 Å². The maximum Gasteiger partial charge on any atom is 0.246 e. The number of fused-ring (bicyclic) bond motifs is 1. The Labute approximate surface area is 146 Å². The third kappa shape index (κ3) is 3.94. The molecule has 6 nitrogen and oxygen atoms in total. The fraction of sp³-hybridized carbons (Fsp3) is 0.353. The molecule has 2 aromatic rings. The number of carbonyl (C=O) groups excluding carboxylic acids is 2. The van der Waals surface area contributed by atoms with Gasteiger partial charge in [0.15, 0.2) is 5.15 Å². The highest BCUT2D eigenvalue weighted by Gasteiger charge is 2.15. The second-order valence-electron chi connectivity index (χ2n) is 5.31. The van der Waals surface area contributed by atoms with Crippen LogP contribution >= 0.6 is 11.6 Å². The maximum absolute atomic E-state index is 12.2. The summed E-state index contributed by atoms with van der Waals surface area (Å²) < 4.78 is 1.80. The minimum absolute atomic E-state index is 0.0474. The topological polar surface area (TPSA) is 57.9 Å². The van der Waals surface area contributed by atoms with Crippen molar-refractivity contribution in [1.82, 2.24) is 19.2 Å². The van der Waals surface area contributed by atoms with Gasteiger partial charge < -0.3 is 9.80 Å². The summed E-state index contributed by atoms with van der Waals surface area (Å²) in [6.07, 6.45) is 4.84. The molecule has 0 aromatic carbocycles. The Morgan fingerprint density at radius 3 is 2.67 bits per heavy atom. The van der Waals surface area contributed by atoms with E-state index in [0.29, 0.717) is 29.6 Å². The van der Waals surface area contributed by atoms with Crippen molar-refractivity contribution in [3.63, 3.8) is 0 Å². The van der Waals surface area contributed by atoms with Crippen molar-refractivity contribution in [2.24, 2.45) is 0 Å². The van der Waals surface area contributed by atoms with E-state index in [0.717, 1.165) is 0 Å². The van der Waals surface area contributed by atoms with Gasteiger partial charge in [-0.1, -0.05) is 17.7 Å². The van der Waals surface area contributed by atoms with Crippen LogP contribution < -0.4 is 0 Å². The van der Waals surface area contributed by atoms with Crippen LogP contribution in [0.2, 0.25) is 5.15 Å². The molecule has 2 aromatic heterocycles. The number of pyridine rings is 1. The Hall–Kier alpha value is -2.34. The van der Waals surface area contributed by atoms with E-state index in [2.05, 4.69) is 4.98 Å². The lowest BCUT2D eigenvalue weighted by atomic mass is 10.3. The number of rotatable bonds is 6. The van der Waals surface area contributed by atoms with Gasteiger partial charge in [-0.2, -0.15) is 0 Å². The van der Waals surface area contributed by atoms with Crippen molar-refractivity contribution in [3.05, 3.63) is 41.3 Å². The Morgan fingerprint density at radius 1 is 1.29 bits per heavy atom. The van der Waals surface area contributed by atoms with Gasteiger partial charge >= 0.3 is 0 Å². The number of nitrogens with zero attached hydrogens (tertiary/aromatic N) is 4. The Kier molecular flexibility index (Phi) is 5.98. The summed E-state index contributed by atoms with van der Waals surface area (Å²) >= 11 is 6.13. The number of hydrogen-bond acceptors (Lipinski definition) is 3. The van der Waals surface area contributed by atoms with Crippen molar-refractivity contribution < 1.29 is 9.59 Å². The van der Waals surface area contributed by atoms with Gasteiger partial charge in [-0.25, -0.2) is 4.98 Å². The molecule has 0 saturated heterocycles. The molecule has 0 saturated carbocycles. The number of hydrogen-bond donors (Lipinski definition) is 0. The second-order valence-corrected chi connectivity index (χ2v) is 5.67. The quantitative estimate of drug-likeness (QED) is 0.753. The van der Waals surface area contributed by atoms with Gasteiger partial charge in [-0.3, -0.25) is 14.0 Å². The molecule has 0 bridgehead atoms. The highest BCUT2D eigenvalue weighted by molar-refractivity contribution is 6.31. The molecule has 0 aliphatic heterocycles. The lowest BCUT2D eigenvalue weighted by molar-refractivity contribution is -0.136. The summed E-state index contributed by atoms with van der Waals surface area (Å²) in [6.45, 7) is 5.13.